The number of nitrogens with zero attached hydrogens (tertiary/aromatic N) is 2. The lowest BCUT2D eigenvalue weighted by Gasteiger charge is -2.09. The number of nitrogens with one attached hydrogen (secondary N) is 1. The zero-order chi connectivity index (χ0) is 14.5. The molecule has 2 aromatic rings. The van der Waals surface area contributed by atoms with Crippen molar-refractivity contribution in [1.82, 2.24) is 15.3 Å². The predicted octanol–water partition coefficient (Wildman–Crippen LogP) is 3.67. The van der Waals surface area contributed by atoms with Crippen LogP contribution in [0.4, 0.5) is 4.39 Å². The maximum absolute atomic E-state index is 13.0. The van der Waals surface area contributed by atoms with Crippen molar-refractivity contribution in [3.63, 3.8) is 0 Å². The van der Waals surface area contributed by atoms with Gasteiger partial charge in [-0.2, -0.15) is 0 Å². The molecule has 0 aliphatic rings. The molecule has 0 fully saturated rings. The van der Waals surface area contributed by atoms with Gasteiger partial charge in [-0.3, -0.25) is 4.98 Å². The molecule has 0 radical (unpaired) electrons. The number of hydrogen-bond acceptors (Lipinski definition) is 4. The lowest BCUT2D eigenvalue weighted by molar-refractivity contribution is 0.450. The molecule has 0 saturated heterocycles. The number of rotatable bonds is 5. The molecule has 0 spiro atoms. The molecule has 1 aromatic heterocycles. The van der Waals surface area contributed by atoms with Crippen LogP contribution in [-0.4, -0.2) is 16.0 Å². The molecule has 20 heavy (non-hydrogen) atoms. The quantitative estimate of drug-likeness (QED) is 0.902. The van der Waals surface area contributed by atoms with Gasteiger partial charge in [0.25, 0.3) is 0 Å². The molecule has 0 saturated carbocycles. The Morgan fingerprint density at radius 2 is 2.15 bits per heavy atom. The minimum atomic E-state index is -0.329. The highest BCUT2D eigenvalue weighted by molar-refractivity contribution is 9.10. The fourth-order valence-corrected chi connectivity index (χ4v) is 1.93. The molecule has 0 aliphatic carbocycles. The number of ether oxygens (including phenoxy) is 1. The number of halogens is 2. The fraction of sp³-hybridized carbons (Fsp3) is 0.286. The van der Waals surface area contributed by atoms with Gasteiger partial charge in [0.05, 0.1) is 16.4 Å². The Balaban J connectivity index is 2.11. The molecule has 0 bridgehead atoms. The molecule has 6 heteroatoms. The van der Waals surface area contributed by atoms with E-state index in [2.05, 4.69) is 45.1 Å². The summed E-state index contributed by atoms with van der Waals surface area (Å²) in [6, 6.07) is 4.58. The Bertz CT molecular complexity index is 592. The van der Waals surface area contributed by atoms with Gasteiger partial charge < -0.3 is 10.1 Å². The Labute approximate surface area is 125 Å². The molecule has 2 rings (SSSR count). The van der Waals surface area contributed by atoms with Crippen molar-refractivity contribution in [2.45, 2.75) is 26.4 Å². The second-order valence-corrected chi connectivity index (χ2v) is 5.42. The van der Waals surface area contributed by atoms with Crippen LogP contribution in [0.25, 0.3) is 0 Å². The molecule has 1 heterocycles. The molecule has 4 nitrogen and oxygen atoms in total. The van der Waals surface area contributed by atoms with E-state index < -0.39 is 0 Å². The largest absolute Gasteiger partial charge is 0.436 e. The maximum Gasteiger partial charge on any atom is 0.238 e. The number of benzene rings is 1. The molecule has 1 aromatic carbocycles. The van der Waals surface area contributed by atoms with Gasteiger partial charge in [-0.05, 0) is 34.1 Å². The van der Waals surface area contributed by atoms with E-state index in [-0.39, 0.29) is 5.82 Å². The second kappa shape index (κ2) is 6.76. The Kier molecular flexibility index (Phi) is 5.03. The summed E-state index contributed by atoms with van der Waals surface area (Å²) in [6.45, 7) is 4.74. The summed E-state index contributed by atoms with van der Waals surface area (Å²) < 4.78 is 19.1. The molecular formula is C14H15BrFN3O. The summed E-state index contributed by atoms with van der Waals surface area (Å²) >= 11 is 3.25. The molecule has 0 aliphatic heterocycles. The van der Waals surface area contributed by atoms with E-state index in [4.69, 9.17) is 4.74 Å². The van der Waals surface area contributed by atoms with Gasteiger partial charge in [0.1, 0.15) is 11.6 Å². The first-order valence-electron chi connectivity index (χ1n) is 6.22. The lowest BCUT2D eigenvalue weighted by Crippen LogP contribution is -2.22. The zero-order valence-corrected chi connectivity index (χ0v) is 12.8. The van der Waals surface area contributed by atoms with Crippen molar-refractivity contribution in [3.05, 3.63) is 46.6 Å². The summed E-state index contributed by atoms with van der Waals surface area (Å²) in [5.74, 6) is 0.542. The highest BCUT2D eigenvalue weighted by atomic mass is 79.9. The monoisotopic (exact) mass is 339 g/mol. The fourth-order valence-electron chi connectivity index (χ4n) is 1.50. The molecule has 0 amide bonds. The summed E-state index contributed by atoms with van der Waals surface area (Å²) in [7, 11) is 0. The van der Waals surface area contributed by atoms with Crippen LogP contribution in [-0.2, 0) is 6.54 Å². The first-order chi connectivity index (χ1) is 9.54. The van der Waals surface area contributed by atoms with Crippen molar-refractivity contribution in [2.75, 3.05) is 0 Å². The third kappa shape index (κ3) is 4.25. The van der Waals surface area contributed by atoms with Crippen LogP contribution in [0.3, 0.4) is 0 Å². The van der Waals surface area contributed by atoms with Crippen LogP contribution in [0, 0.1) is 5.82 Å². The van der Waals surface area contributed by atoms with E-state index >= 15 is 0 Å². The van der Waals surface area contributed by atoms with E-state index in [1.807, 2.05) is 0 Å². The molecular weight excluding hydrogens is 325 g/mol. The van der Waals surface area contributed by atoms with Crippen molar-refractivity contribution in [1.29, 1.82) is 0 Å². The van der Waals surface area contributed by atoms with E-state index in [0.717, 1.165) is 5.69 Å². The van der Waals surface area contributed by atoms with E-state index in [1.165, 1.54) is 18.3 Å². The van der Waals surface area contributed by atoms with Gasteiger partial charge in [-0.1, -0.05) is 13.8 Å². The van der Waals surface area contributed by atoms with Gasteiger partial charge in [0, 0.05) is 18.8 Å². The number of hydrogen-bond donors (Lipinski definition) is 1. The van der Waals surface area contributed by atoms with Crippen molar-refractivity contribution in [2.24, 2.45) is 0 Å². The van der Waals surface area contributed by atoms with Crippen LogP contribution in [0.2, 0.25) is 0 Å². The van der Waals surface area contributed by atoms with Crippen molar-refractivity contribution in [3.8, 4) is 11.6 Å². The highest BCUT2D eigenvalue weighted by Crippen LogP contribution is 2.29. The Morgan fingerprint density at radius 3 is 2.85 bits per heavy atom. The van der Waals surface area contributed by atoms with Gasteiger partial charge >= 0.3 is 0 Å². The van der Waals surface area contributed by atoms with E-state index in [0.29, 0.717) is 28.7 Å². The predicted molar refractivity (Wildman–Crippen MR) is 78.2 cm³/mol. The molecule has 1 N–H and O–H groups in total. The average molecular weight is 340 g/mol. The summed E-state index contributed by atoms with van der Waals surface area (Å²) in [5.41, 5.74) is 0.787. The highest BCUT2D eigenvalue weighted by Gasteiger charge is 2.06. The Morgan fingerprint density at radius 1 is 1.35 bits per heavy atom. The van der Waals surface area contributed by atoms with Crippen LogP contribution in [0.15, 0.2) is 35.1 Å². The standard InChI is InChI=1S/C14H15BrFN3O/c1-9(2)18-7-11-6-17-8-14(19-11)20-13-4-3-10(16)5-12(13)15/h3-6,8-9,18H,7H2,1-2H3. The normalized spacial score (nSPS) is 10.8. The van der Waals surface area contributed by atoms with Crippen molar-refractivity contribution < 1.29 is 9.13 Å². The average Bonchev–Trinajstić information content (AvgIpc) is 2.40. The van der Waals surface area contributed by atoms with Gasteiger partial charge in [-0.25, -0.2) is 9.37 Å². The topological polar surface area (TPSA) is 47.0 Å². The van der Waals surface area contributed by atoms with E-state index in [9.17, 15) is 4.39 Å². The molecule has 0 atom stereocenters. The SMILES string of the molecule is CC(C)NCc1cncc(Oc2ccc(F)cc2Br)n1. The minimum absolute atomic E-state index is 0.329. The summed E-state index contributed by atoms with van der Waals surface area (Å²) in [6.07, 6.45) is 3.20. The number of aromatic nitrogens is 2. The summed E-state index contributed by atoms with van der Waals surface area (Å²) in [4.78, 5) is 8.43. The first kappa shape index (κ1) is 14.9. The maximum atomic E-state index is 13.0. The van der Waals surface area contributed by atoms with Crippen LogP contribution >= 0.6 is 15.9 Å². The third-order valence-electron chi connectivity index (χ3n) is 2.46. The molecule has 106 valence electrons. The summed E-state index contributed by atoms with van der Waals surface area (Å²) in [5, 5.41) is 3.25. The first-order valence-corrected chi connectivity index (χ1v) is 7.01. The second-order valence-electron chi connectivity index (χ2n) is 4.56. The van der Waals surface area contributed by atoms with Crippen molar-refractivity contribution >= 4 is 15.9 Å². The van der Waals surface area contributed by atoms with Crippen LogP contribution in [0.5, 0.6) is 11.6 Å². The van der Waals surface area contributed by atoms with Crippen LogP contribution in [0.1, 0.15) is 19.5 Å². The Hall–Kier alpha value is -1.53. The zero-order valence-electron chi connectivity index (χ0n) is 11.2. The van der Waals surface area contributed by atoms with E-state index in [1.54, 1.807) is 12.3 Å². The third-order valence-corrected chi connectivity index (χ3v) is 3.08. The van der Waals surface area contributed by atoms with Gasteiger partial charge in [0.15, 0.2) is 0 Å². The lowest BCUT2D eigenvalue weighted by atomic mass is 10.3. The minimum Gasteiger partial charge on any atom is -0.436 e. The van der Waals surface area contributed by atoms with Gasteiger partial charge in [0.2, 0.25) is 5.88 Å². The van der Waals surface area contributed by atoms with Crippen LogP contribution < -0.4 is 10.1 Å². The van der Waals surface area contributed by atoms with Gasteiger partial charge in [-0.15, -0.1) is 0 Å². The smallest absolute Gasteiger partial charge is 0.238 e. The molecule has 0 unspecified atom stereocenters.